The first-order chi connectivity index (χ1) is 39.0. The minimum absolute atomic E-state index is 0.112. The topological polar surface area (TPSA) is 39.1 Å². The fraction of sp³-hybridized carbons (Fsp3) is 0.0625. The fourth-order valence-electron chi connectivity index (χ4n) is 10.8. The van der Waals surface area contributed by atoms with Crippen LogP contribution in [0.5, 0.6) is 11.5 Å². The van der Waals surface area contributed by atoms with Crippen LogP contribution in [0.1, 0.15) is 40.0 Å². The molecule has 0 radical (unpaired) electrons. The quantitative estimate of drug-likeness (QED) is 0.0908. The lowest BCUT2D eigenvalue weighted by Crippen LogP contribution is -2.52. The molecule has 336 valence electrons. The molecule has 0 unspecified atom stereocenters. The van der Waals surface area contributed by atoms with Crippen LogP contribution < -0.4 is 25.0 Å². The summed E-state index contributed by atoms with van der Waals surface area (Å²) >= 11 is 0. The third kappa shape index (κ3) is 6.43. The molecule has 0 bridgehead atoms. The van der Waals surface area contributed by atoms with Crippen molar-refractivity contribution in [2.45, 2.75) is 26.2 Å². The second-order valence-electron chi connectivity index (χ2n) is 19.0. The Morgan fingerprint density at radius 1 is 0.592 bits per heavy atom. The summed E-state index contributed by atoms with van der Waals surface area (Å²) in [5.41, 5.74) is 10.9. The Morgan fingerprint density at radius 3 is 2.04 bits per heavy atom. The molecular weight excluding hydrogens is 866 g/mol. The molecule has 0 saturated heterocycles. The van der Waals surface area contributed by atoms with Crippen LogP contribution in [-0.4, -0.2) is 21.0 Å². The molecule has 71 heavy (non-hydrogen) atoms. The van der Waals surface area contributed by atoms with Crippen LogP contribution in [0.25, 0.3) is 83.4 Å². The predicted octanol–water partition coefficient (Wildman–Crippen LogP) is 13.9. The summed E-state index contributed by atoms with van der Waals surface area (Å²) in [6.07, 6.45) is 5.56. The van der Waals surface area contributed by atoms with Crippen LogP contribution in [0.4, 0.5) is 11.4 Å². The summed E-state index contributed by atoms with van der Waals surface area (Å²) < 4.78 is 102. The maximum atomic E-state index is 9.30. The normalized spacial score (nSPS) is 14.6. The number of nitrogens with zero attached hydrogens (tertiary/aromatic N) is 5. The van der Waals surface area contributed by atoms with E-state index < -0.39 is 67.3 Å². The molecule has 0 atom stereocenters. The Bertz CT molecular complexity index is 4560. The van der Waals surface area contributed by atoms with Gasteiger partial charge in [-0.3, -0.25) is 13.7 Å². The van der Waals surface area contributed by atoms with E-state index in [2.05, 4.69) is 97.1 Å². The highest BCUT2D eigenvalue weighted by molar-refractivity contribution is 6.94. The largest absolute Gasteiger partial charge is 0.458 e. The number of hydrogen-bond acceptors (Lipinski definition) is 3. The highest BCUT2D eigenvalue weighted by Gasteiger charge is 2.43. The smallest absolute Gasteiger partial charge is 0.324 e. The van der Waals surface area contributed by atoms with Gasteiger partial charge in [-0.25, -0.2) is 4.98 Å². The molecule has 5 heterocycles. The van der Waals surface area contributed by atoms with E-state index in [1.54, 1.807) is 22.8 Å². The molecule has 0 spiro atoms. The number of para-hydroxylation sites is 3. The molecule has 3 aromatic heterocycles. The fourth-order valence-corrected chi connectivity index (χ4v) is 10.8. The molecular formula is C64H46BN5O. The third-order valence-corrected chi connectivity index (χ3v) is 13.9. The lowest BCUT2D eigenvalue weighted by molar-refractivity contribution is -0.571. The van der Waals surface area contributed by atoms with E-state index in [0.29, 0.717) is 22.7 Å². The van der Waals surface area contributed by atoms with E-state index in [-0.39, 0.29) is 33.4 Å². The number of imidazole rings is 1. The Hall–Kier alpha value is -8.94. The molecule has 2 aliphatic heterocycles. The number of ether oxygens (including phenoxy) is 1. The summed E-state index contributed by atoms with van der Waals surface area (Å²) in [7, 11) is 0. The zero-order valence-corrected chi connectivity index (χ0v) is 38.8. The van der Waals surface area contributed by atoms with Crippen LogP contribution in [-0.2, 0) is 5.41 Å². The van der Waals surface area contributed by atoms with Gasteiger partial charge in [-0.2, -0.15) is 0 Å². The van der Waals surface area contributed by atoms with E-state index in [4.69, 9.17) is 17.9 Å². The van der Waals surface area contributed by atoms with Gasteiger partial charge in [0.25, 0.3) is 6.33 Å². The van der Waals surface area contributed by atoms with Crippen molar-refractivity contribution in [3.63, 3.8) is 0 Å². The molecule has 6 nitrogen and oxygen atoms in total. The van der Waals surface area contributed by atoms with Gasteiger partial charge in [0.1, 0.15) is 17.3 Å². The van der Waals surface area contributed by atoms with Crippen molar-refractivity contribution in [2.75, 3.05) is 4.81 Å². The van der Waals surface area contributed by atoms with Gasteiger partial charge in [0, 0.05) is 34.4 Å². The maximum absolute atomic E-state index is 9.30. The Kier molecular flexibility index (Phi) is 7.12. The van der Waals surface area contributed by atoms with Gasteiger partial charge in [-0.1, -0.05) is 172 Å². The van der Waals surface area contributed by atoms with E-state index in [1.165, 1.54) is 0 Å². The molecule has 0 fully saturated rings. The number of fused-ring (bicyclic) bond motifs is 8. The number of anilines is 2. The molecule has 0 N–H and O–H groups in total. The highest BCUT2D eigenvalue weighted by Crippen LogP contribution is 2.44. The zero-order valence-electron chi connectivity index (χ0n) is 48.8. The number of benzene rings is 9. The van der Waals surface area contributed by atoms with Gasteiger partial charge in [-0.05, 0) is 116 Å². The Balaban J connectivity index is 1.05. The average Bonchev–Trinajstić information content (AvgIpc) is 4.08. The van der Waals surface area contributed by atoms with Gasteiger partial charge in [0.15, 0.2) is 0 Å². The molecule has 0 saturated carbocycles. The molecule has 12 aromatic rings. The van der Waals surface area contributed by atoms with Crippen LogP contribution in [0, 0.1) is 6.33 Å². The van der Waals surface area contributed by atoms with Crippen molar-refractivity contribution >= 4 is 62.0 Å². The van der Waals surface area contributed by atoms with Crippen molar-refractivity contribution in [3.8, 4) is 62.1 Å². The SMILES string of the molecule is [2H]c1c([2H])c([2H])c(-c2cccc(-c3c([2H])c([2H])c([2H])c([2H])c3[2H])c2-[n+]2[c-]n3c4c5c(ccc42)-c2ccccc2B5N(c2ccccc2)c2ccc(Oc4ccc5c6ccccc6n(-c6cc(C(C)(C)C)ccn6)c5c4)cc2-3)c([2H])c1[2H]. The van der Waals surface area contributed by atoms with E-state index >= 15 is 0 Å². The Labute approximate surface area is 427 Å². The minimum atomic E-state index is -0.570. The lowest BCUT2D eigenvalue weighted by atomic mass is 9.51. The van der Waals surface area contributed by atoms with Crippen molar-refractivity contribution in [2.24, 2.45) is 0 Å². The van der Waals surface area contributed by atoms with Crippen LogP contribution in [0.2, 0.25) is 0 Å². The van der Waals surface area contributed by atoms with Gasteiger partial charge < -0.3 is 9.55 Å². The minimum Gasteiger partial charge on any atom is -0.458 e. The molecule has 2 aliphatic rings. The zero-order chi connectivity index (χ0) is 56.1. The third-order valence-electron chi connectivity index (χ3n) is 13.9. The van der Waals surface area contributed by atoms with Gasteiger partial charge in [-0.15, -0.1) is 0 Å². The number of pyridine rings is 1. The molecule has 0 amide bonds. The number of aromatic nitrogens is 4. The average molecular weight is 922 g/mol. The van der Waals surface area contributed by atoms with Crippen molar-refractivity contribution in [1.82, 2.24) is 14.1 Å². The summed E-state index contributed by atoms with van der Waals surface area (Å²) in [5.74, 6) is 1.87. The van der Waals surface area contributed by atoms with E-state index in [1.807, 2.05) is 89.6 Å². The number of hydrogen-bond donors (Lipinski definition) is 0. The summed E-state index contributed by atoms with van der Waals surface area (Å²) in [6, 6.07) is 46.7. The molecule has 14 rings (SSSR count). The van der Waals surface area contributed by atoms with E-state index in [9.17, 15) is 5.48 Å². The second-order valence-corrected chi connectivity index (χ2v) is 19.0. The predicted molar refractivity (Wildman–Crippen MR) is 291 cm³/mol. The summed E-state index contributed by atoms with van der Waals surface area (Å²) in [6.45, 7) is 6.16. The van der Waals surface area contributed by atoms with Crippen molar-refractivity contribution < 1.29 is 23.0 Å². The van der Waals surface area contributed by atoms with Gasteiger partial charge >= 0.3 is 6.85 Å². The van der Waals surface area contributed by atoms with Crippen molar-refractivity contribution in [3.05, 3.63) is 236 Å². The van der Waals surface area contributed by atoms with Crippen LogP contribution >= 0.6 is 0 Å². The summed E-state index contributed by atoms with van der Waals surface area (Å²) in [4.78, 5) is 7.23. The van der Waals surface area contributed by atoms with Crippen LogP contribution in [0.15, 0.2) is 224 Å². The first kappa shape index (κ1) is 32.0. The van der Waals surface area contributed by atoms with E-state index in [0.717, 1.165) is 72.1 Å². The highest BCUT2D eigenvalue weighted by atomic mass is 16.5. The standard InChI is InChI=1S/C64H46BN5O/c1-64(2,3)44-36-37-66-60(38-44)69-55-29-16-14-25-51(55)52-32-30-46(39-58(52)69)71-47-31-34-56-59(40-47)68-41-67(62-48(42-18-7-4-8-19-42)26-17-27-49(62)43-20-9-5-10-21-43)57-35-33-53-50-24-13-15-28-54(50)65(61(53)63(57)68)70(56)45-22-11-6-12-23-45/h4-40H,1-3H3/i4D,5D,7D,8D,9D,10D,18D,19D,20D,21D. The molecule has 0 aliphatic carbocycles. The first-order valence-corrected chi connectivity index (χ1v) is 23.6. The molecule has 9 aromatic carbocycles. The number of rotatable bonds is 7. The lowest BCUT2D eigenvalue weighted by Gasteiger charge is -2.31. The van der Waals surface area contributed by atoms with Crippen LogP contribution in [0.3, 0.4) is 0 Å². The van der Waals surface area contributed by atoms with Crippen molar-refractivity contribution in [1.29, 1.82) is 0 Å². The summed E-state index contributed by atoms with van der Waals surface area (Å²) in [5, 5.41) is 2.11. The Morgan fingerprint density at radius 2 is 1.27 bits per heavy atom. The first-order valence-electron chi connectivity index (χ1n) is 28.6. The van der Waals surface area contributed by atoms with Gasteiger partial charge in [0.2, 0.25) is 0 Å². The monoisotopic (exact) mass is 921 g/mol. The molecule has 7 heteroatoms. The van der Waals surface area contributed by atoms with Gasteiger partial charge in [0.05, 0.1) is 47.1 Å². The second kappa shape index (κ2) is 15.8. The maximum Gasteiger partial charge on any atom is 0.324 e.